The quantitative estimate of drug-likeness (QED) is 0.786. The first-order chi connectivity index (χ1) is 9.96. The van der Waals surface area contributed by atoms with E-state index >= 15 is 0 Å². The molecule has 0 atom stereocenters. The van der Waals surface area contributed by atoms with Gasteiger partial charge in [-0.05, 0) is 12.1 Å². The number of hydrogen-bond donors (Lipinski definition) is 0. The number of hydrogen-bond acceptors (Lipinski definition) is 3. The molecule has 0 saturated carbocycles. The molecule has 0 aliphatic rings. The van der Waals surface area contributed by atoms with Crippen molar-refractivity contribution in [3.05, 3.63) is 60.2 Å². The van der Waals surface area contributed by atoms with Crippen LogP contribution in [-0.2, 0) is 0 Å². The van der Waals surface area contributed by atoms with Crippen molar-refractivity contribution in [1.82, 2.24) is 0 Å². The van der Waals surface area contributed by atoms with Crippen molar-refractivity contribution in [3.8, 4) is 11.5 Å². The molecule has 0 spiro atoms. The lowest BCUT2D eigenvalue weighted by atomic mass is 10.1. The SMILES string of the molecule is O=C(COc1ccccc1OC(F)(F)F)c1ccccc1. The van der Waals surface area contributed by atoms with Crippen LogP contribution in [0, 0.1) is 0 Å². The lowest BCUT2D eigenvalue weighted by Gasteiger charge is -2.13. The van der Waals surface area contributed by atoms with Gasteiger partial charge in [0.2, 0.25) is 0 Å². The molecule has 0 bridgehead atoms. The maximum absolute atomic E-state index is 12.2. The molecule has 2 aromatic rings. The molecule has 0 aliphatic carbocycles. The minimum absolute atomic E-state index is 0.140. The fraction of sp³-hybridized carbons (Fsp3) is 0.133. The van der Waals surface area contributed by atoms with Crippen LogP contribution in [0.1, 0.15) is 10.4 Å². The first-order valence-corrected chi connectivity index (χ1v) is 6.01. The number of para-hydroxylation sites is 2. The Morgan fingerprint density at radius 2 is 1.48 bits per heavy atom. The molecule has 0 radical (unpaired) electrons. The first kappa shape index (κ1) is 14.9. The average Bonchev–Trinajstić information content (AvgIpc) is 2.45. The van der Waals surface area contributed by atoms with E-state index in [9.17, 15) is 18.0 Å². The Kier molecular flexibility index (Phi) is 4.47. The predicted octanol–water partition coefficient (Wildman–Crippen LogP) is 3.85. The number of halogens is 3. The van der Waals surface area contributed by atoms with Gasteiger partial charge in [-0.2, -0.15) is 0 Å². The van der Waals surface area contributed by atoms with Crippen LogP contribution in [-0.4, -0.2) is 18.8 Å². The molecular weight excluding hydrogens is 285 g/mol. The van der Waals surface area contributed by atoms with Gasteiger partial charge in [0.15, 0.2) is 23.9 Å². The average molecular weight is 296 g/mol. The molecule has 2 rings (SSSR count). The Balaban J connectivity index is 2.05. The van der Waals surface area contributed by atoms with Crippen molar-refractivity contribution in [2.45, 2.75) is 6.36 Å². The molecule has 0 saturated heterocycles. The summed E-state index contributed by atoms with van der Waals surface area (Å²) < 4.78 is 45.7. The lowest BCUT2D eigenvalue weighted by Crippen LogP contribution is -2.18. The third-order valence-electron chi connectivity index (χ3n) is 2.53. The van der Waals surface area contributed by atoms with E-state index in [-0.39, 0.29) is 18.1 Å². The van der Waals surface area contributed by atoms with Crippen molar-refractivity contribution in [1.29, 1.82) is 0 Å². The normalized spacial score (nSPS) is 11.0. The first-order valence-electron chi connectivity index (χ1n) is 6.01. The van der Waals surface area contributed by atoms with Crippen LogP contribution >= 0.6 is 0 Å². The minimum Gasteiger partial charge on any atom is -0.482 e. The largest absolute Gasteiger partial charge is 0.573 e. The highest BCUT2D eigenvalue weighted by molar-refractivity contribution is 5.97. The molecule has 0 amide bonds. The van der Waals surface area contributed by atoms with Crippen molar-refractivity contribution >= 4 is 5.78 Å². The highest BCUT2D eigenvalue weighted by atomic mass is 19.4. The number of carbonyl (C=O) groups is 1. The molecule has 0 heterocycles. The lowest BCUT2D eigenvalue weighted by molar-refractivity contribution is -0.275. The number of carbonyl (C=O) groups excluding carboxylic acids is 1. The third-order valence-corrected chi connectivity index (χ3v) is 2.53. The third kappa shape index (κ3) is 4.52. The maximum Gasteiger partial charge on any atom is 0.573 e. The predicted molar refractivity (Wildman–Crippen MR) is 69.4 cm³/mol. The zero-order chi connectivity index (χ0) is 15.3. The van der Waals surface area contributed by atoms with E-state index in [4.69, 9.17) is 4.74 Å². The molecule has 0 unspecified atom stereocenters. The molecule has 0 aliphatic heterocycles. The number of rotatable bonds is 5. The van der Waals surface area contributed by atoms with Crippen LogP contribution < -0.4 is 9.47 Å². The number of alkyl halides is 3. The van der Waals surface area contributed by atoms with Gasteiger partial charge in [-0.15, -0.1) is 13.2 Å². The highest BCUT2D eigenvalue weighted by Crippen LogP contribution is 2.31. The van der Waals surface area contributed by atoms with E-state index in [1.807, 2.05) is 0 Å². The van der Waals surface area contributed by atoms with Crippen LogP contribution in [0.2, 0.25) is 0 Å². The van der Waals surface area contributed by atoms with Crippen molar-refractivity contribution in [2.24, 2.45) is 0 Å². The van der Waals surface area contributed by atoms with E-state index in [0.717, 1.165) is 6.07 Å². The Morgan fingerprint density at radius 3 is 2.10 bits per heavy atom. The zero-order valence-corrected chi connectivity index (χ0v) is 10.8. The summed E-state index contributed by atoms with van der Waals surface area (Å²) in [7, 11) is 0. The monoisotopic (exact) mass is 296 g/mol. The molecule has 21 heavy (non-hydrogen) atoms. The van der Waals surface area contributed by atoms with Crippen LogP contribution in [0.3, 0.4) is 0 Å². The maximum atomic E-state index is 12.2. The van der Waals surface area contributed by atoms with Crippen molar-refractivity contribution in [2.75, 3.05) is 6.61 Å². The summed E-state index contributed by atoms with van der Waals surface area (Å²) in [6.07, 6.45) is -4.82. The summed E-state index contributed by atoms with van der Waals surface area (Å²) >= 11 is 0. The van der Waals surface area contributed by atoms with Gasteiger partial charge in [-0.25, -0.2) is 0 Å². The summed E-state index contributed by atoms with van der Waals surface area (Å²) in [6, 6.07) is 13.6. The van der Waals surface area contributed by atoms with E-state index in [1.165, 1.54) is 18.2 Å². The highest BCUT2D eigenvalue weighted by Gasteiger charge is 2.32. The number of ketones is 1. The fourth-order valence-electron chi connectivity index (χ4n) is 1.63. The Labute approximate surface area is 118 Å². The van der Waals surface area contributed by atoms with E-state index in [2.05, 4.69) is 4.74 Å². The zero-order valence-electron chi connectivity index (χ0n) is 10.8. The summed E-state index contributed by atoms with van der Waals surface area (Å²) in [6.45, 7) is -0.373. The molecule has 110 valence electrons. The Bertz CT molecular complexity index is 609. The van der Waals surface area contributed by atoms with E-state index in [1.54, 1.807) is 30.3 Å². The van der Waals surface area contributed by atoms with Gasteiger partial charge in [0.1, 0.15) is 0 Å². The molecule has 0 aromatic heterocycles. The summed E-state index contributed by atoms with van der Waals surface area (Å²) in [5.41, 5.74) is 0.423. The summed E-state index contributed by atoms with van der Waals surface area (Å²) in [4.78, 5) is 11.8. The minimum atomic E-state index is -4.82. The smallest absolute Gasteiger partial charge is 0.482 e. The van der Waals surface area contributed by atoms with Gasteiger partial charge in [0.25, 0.3) is 0 Å². The topological polar surface area (TPSA) is 35.5 Å². The second-order valence-electron chi connectivity index (χ2n) is 4.07. The molecular formula is C15H11F3O3. The van der Waals surface area contributed by atoms with Crippen molar-refractivity contribution < 1.29 is 27.4 Å². The van der Waals surface area contributed by atoms with Gasteiger partial charge in [0.05, 0.1) is 0 Å². The van der Waals surface area contributed by atoms with Gasteiger partial charge in [0, 0.05) is 5.56 Å². The fourth-order valence-corrected chi connectivity index (χ4v) is 1.63. The molecule has 3 nitrogen and oxygen atoms in total. The summed E-state index contributed by atoms with van der Waals surface area (Å²) in [5.74, 6) is -0.956. The molecule has 6 heteroatoms. The van der Waals surface area contributed by atoms with Crippen molar-refractivity contribution in [3.63, 3.8) is 0 Å². The van der Waals surface area contributed by atoms with Crippen LogP contribution in [0.5, 0.6) is 11.5 Å². The van der Waals surface area contributed by atoms with Crippen LogP contribution in [0.15, 0.2) is 54.6 Å². The Hall–Kier alpha value is -2.50. The number of Topliss-reactive ketones (excluding diaryl/α,β-unsaturated/α-hetero) is 1. The molecule has 0 fully saturated rings. The number of ether oxygens (including phenoxy) is 2. The van der Waals surface area contributed by atoms with Crippen LogP contribution in [0.4, 0.5) is 13.2 Å². The standard InChI is InChI=1S/C15H11F3O3/c16-15(17,18)21-14-9-5-4-8-13(14)20-10-12(19)11-6-2-1-3-7-11/h1-9H,10H2. The second-order valence-corrected chi connectivity index (χ2v) is 4.07. The van der Waals surface area contributed by atoms with Gasteiger partial charge in [-0.3, -0.25) is 4.79 Å². The van der Waals surface area contributed by atoms with E-state index < -0.39 is 12.1 Å². The van der Waals surface area contributed by atoms with Crippen LogP contribution in [0.25, 0.3) is 0 Å². The second kappa shape index (κ2) is 6.30. The summed E-state index contributed by atoms with van der Waals surface area (Å²) in [5, 5.41) is 0. The number of benzene rings is 2. The van der Waals surface area contributed by atoms with E-state index in [0.29, 0.717) is 5.56 Å². The van der Waals surface area contributed by atoms with Gasteiger partial charge >= 0.3 is 6.36 Å². The van der Waals surface area contributed by atoms with Gasteiger partial charge < -0.3 is 9.47 Å². The molecule has 0 N–H and O–H groups in total. The van der Waals surface area contributed by atoms with Gasteiger partial charge in [-0.1, -0.05) is 42.5 Å². The Morgan fingerprint density at radius 1 is 0.905 bits per heavy atom. The molecule has 2 aromatic carbocycles.